The van der Waals surface area contributed by atoms with Crippen molar-refractivity contribution in [3.05, 3.63) is 41.0 Å². The molecule has 1 atom stereocenters. The molecule has 2 aromatic carbocycles. The summed E-state index contributed by atoms with van der Waals surface area (Å²) in [4.78, 5) is 0. The summed E-state index contributed by atoms with van der Waals surface area (Å²) in [6, 6.07) is 7.53. The number of phenols is 1. The molecule has 5 nitrogen and oxygen atoms in total. The molecule has 0 amide bonds. The molecule has 2 aromatic rings. The van der Waals surface area contributed by atoms with Crippen LogP contribution in [0.1, 0.15) is 49.8 Å². The smallest absolute Gasteiger partial charge is 0.168 e. The standard InChI is InChI=1S/C23H28O5/c1-5-26-16-6-7-17(19(24)12-16)15-10-14-11-20(25-4)22-18(21(14)27-13-15)8-9-23(2,3)28-22/h6-7,11-12,15,24H,5,8-10,13H2,1-4H3. The van der Waals surface area contributed by atoms with E-state index in [1.54, 1.807) is 13.2 Å². The fraction of sp³-hybridized carbons (Fsp3) is 0.478. The molecule has 0 fully saturated rings. The zero-order chi connectivity index (χ0) is 19.9. The first-order chi connectivity index (χ1) is 13.4. The molecule has 28 heavy (non-hydrogen) atoms. The molecule has 150 valence electrons. The van der Waals surface area contributed by atoms with E-state index in [2.05, 4.69) is 13.8 Å². The van der Waals surface area contributed by atoms with Gasteiger partial charge in [0.15, 0.2) is 11.5 Å². The molecule has 0 aromatic heterocycles. The normalized spacial score (nSPS) is 19.6. The maximum Gasteiger partial charge on any atom is 0.168 e. The van der Waals surface area contributed by atoms with Gasteiger partial charge in [0.05, 0.1) is 20.3 Å². The average Bonchev–Trinajstić information content (AvgIpc) is 2.66. The summed E-state index contributed by atoms with van der Waals surface area (Å²) >= 11 is 0. The molecule has 4 rings (SSSR count). The van der Waals surface area contributed by atoms with Crippen LogP contribution in [0.3, 0.4) is 0 Å². The number of fused-ring (bicyclic) bond motifs is 3. The van der Waals surface area contributed by atoms with Crippen LogP contribution in [0, 0.1) is 0 Å². The minimum Gasteiger partial charge on any atom is -0.508 e. The molecule has 0 bridgehead atoms. The Hall–Kier alpha value is -2.56. The Balaban J connectivity index is 1.66. The van der Waals surface area contributed by atoms with Crippen molar-refractivity contribution < 1.29 is 24.1 Å². The van der Waals surface area contributed by atoms with Crippen LogP contribution in [-0.4, -0.2) is 31.0 Å². The van der Waals surface area contributed by atoms with E-state index in [0.29, 0.717) is 19.0 Å². The lowest BCUT2D eigenvalue weighted by Crippen LogP contribution is -2.33. The number of hydrogen-bond donors (Lipinski definition) is 1. The maximum atomic E-state index is 10.5. The second-order valence-corrected chi connectivity index (χ2v) is 8.10. The van der Waals surface area contributed by atoms with Crippen molar-refractivity contribution in [3.8, 4) is 28.7 Å². The molecule has 0 spiro atoms. The minimum absolute atomic E-state index is 0.0758. The predicted octanol–water partition coefficient (Wildman–Crippen LogP) is 4.62. The Morgan fingerprint density at radius 1 is 1.21 bits per heavy atom. The number of benzene rings is 2. The first-order valence-electron chi connectivity index (χ1n) is 9.92. The summed E-state index contributed by atoms with van der Waals surface area (Å²) in [5.41, 5.74) is 2.87. The highest BCUT2D eigenvalue weighted by atomic mass is 16.5. The summed E-state index contributed by atoms with van der Waals surface area (Å²) in [6.45, 7) is 7.22. The molecule has 0 aliphatic carbocycles. The first-order valence-corrected chi connectivity index (χ1v) is 9.92. The van der Waals surface area contributed by atoms with Gasteiger partial charge < -0.3 is 24.1 Å². The zero-order valence-corrected chi connectivity index (χ0v) is 17.0. The third kappa shape index (κ3) is 3.34. The van der Waals surface area contributed by atoms with E-state index in [-0.39, 0.29) is 17.3 Å². The van der Waals surface area contributed by atoms with Gasteiger partial charge in [-0.2, -0.15) is 0 Å². The van der Waals surface area contributed by atoms with Crippen molar-refractivity contribution in [2.45, 2.75) is 51.6 Å². The molecular weight excluding hydrogens is 356 g/mol. The molecule has 1 N–H and O–H groups in total. The molecule has 1 unspecified atom stereocenters. The van der Waals surface area contributed by atoms with E-state index in [0.717, 1.165) is 53.2 Å². The second-order valence-electron chi connectivity index (χ2n) is 8.10. The molecule has 2 heterocycles. The fourth-order valence-electron chi connectivity index (χ4n) is 4.14. The maximum absolute atomic E-state index is 10.5. The Bertz CT molecular complexity index is 887. The molecule has 2 aliphatic heterocycles. The number of aromatic hydroxyl groups is 1. The Labute approximate surface area is 166 Å². The monoisotopic (exact) mass is 384 g/mol. The van der Waals surface area contributed by atoms with Gasteiger partial charge in [0.25, 0.3) is 0 Å². The van der Waals surface area contributed by atoms with Gasteiger partial charge in [-0.05, 0) is 57.7 Å². The van der Waals surface area contributed by atoms with E-state index in [4.69, 9.17) is 18.9 Å². The largest absolute Gasteiger partial charge is 0.508 e. The molecule has 2 aliphatic rings. The highest BCUT2D eigenvalue weighted by molar-refractivity contribution is 5.60. The van der Waals surface area contributed by atoms with Crippen LogP contribution in [0.25, 0.3) is 0 Å². The summed E-state index contributed by atoms with van der Waals surface area (Å²) in [7, 11) is 1.67. The molecular formula is C23H28O5. The first kappa shape index (κ1) is 18.8. The van der Waals surface area contributed by atoms with Crippen molar-refractivity contribution in [1.29, 1.82) is 0 Å². The molecule has 0 saturated carbocycles. The summed E-state index contributed by atoms with van der Waals surface area (Å²) in [6.07, 6.45) is 2.62. The van der Waals surface area contributed by atoms with Crippen LogP contribution >= 0.6 is 0 Å². The number of phenolic OH excluding ortho intramolecular Hbond substituents is 1. The van der Waals surface area contributed by atoms with Crippen molar-refractivity contribution >= 4 is 0 Å². The number of methoxy groups -OCH3 is 1. The van der Waals surface area contributed by atoms with Gasteiger partial charge in [-0.15, -0.1) is 0 Å². The Morgan fingerprint density at radius 3 is 2.75 bits per heavy atom. The Kier molecular flexibility index (Phi) is 4.77. The van der Waals surface area contributed by atoms with Gasteiger partial charge in [0, 0.05) is 23.1 Å². The van der Waals surface area contributed by atoms with Gasteiger partial charge >= 0.3 is 0 Å². The second kappa shape index (κ2) is 7.12. The van der Waals surface area contributed by atoms with Crippen LogP contribution in [0.4, 0.5) is 0 Å². The summed E-state index contributed by atoms with van der Waals surface area (Å²) in [5, 5.41) is 10.5. The molecule has 0 radical (unpaired) electrons. The molecule has 5 heteroatoms. The number of rotatable bonds is 4. The lowest BCUT2D eigenvalue weighted by molar-refractivity contribution is 0.0783. The van der Waals surface area contributed by atoms with Crippen molar-refractivity contribution in [1.82, 2.24) is 0 Å². The lowest BCUT2D eigenvalue weighted by atomic mass is 9.86. The Morgan fingerprint density at radius 2 is 2.04 bits per heavy atom. The van der Waals surface area contributed by atoms with Gasteiger partial charge in [0.1, 0.15) is 22.8 Å². The van der Waals surface area contributed by atoms with Gasteiger partial charge in [0.2, 0.25) is 0 Å². The summed E-state index contributed by atoms with van der Waals surface area (Å²) in [5.74, 6) is 3.48. The van der Waals surface area contributed by atoms with Crippen LogP contribution in [0.5, 0.6) is 28.7 Å². The highest BCUT2D eigenvalue weighted by Gasteiger charge is 2.35. The van der Waals surface area contributed by atoms with E-state index >= 15 is 0 Å². The number of hydrogen-bond acceptors (Lipinski definition) is 5. The van der Waals surface area contributed by atoms with Crippen LogP contribution in [0.2, 0.25) is 0 Å². The highest BCUT2D eigenvalue weighted by Crippen LogP contribution is 2.49. The minimum atomic E-state index is -0.209. The van der Waals surface area contributed by atoms with Gasteiger partial charge in [-0.3, -0.25) is 0 Å². The van der Waals surface area contributed by atoms with Crippen LogP contribution in [-0.2, 0) is 12.8 Å². The van der Waals surface area contributed by atoms with Crippen molar-refractivity contribution in [2.75, 3.05) is 20.3 Å². The third-order valence-electron chi connectivity index (χ3n) is 5.59. The SMILES string of the molecule is CCOc1ccc(C2COc3c(cc(OC)c4c3CCC(C)(C)O4)C2)c(O)c1. The van der Waals surface area contributed by atoms with Crippen LogP contribution in [0.15, 0.2) is 24.3 Å². The number of ether oxygens (including phenoxy) is 4. The van der Waals surface area contributed by atoms with E-state index < -0.39 is 0 Å². The van der Waals surface area contributed by atoms with Gasteiger partial charge in [-0.1, -0.05) is 6.07 Å². The van der Waals surface area contributed by atoms with Crippen LogP contribution < -0.4 is 18.9 Å². The summed E-state index contributed by atoms with van der Waals surface area (Å²) < 4.78 is 23.5. The molecule has 0 saturated heterocycles. The van der Waals surface area contributed by atoms with Crippen molar-refractivity contribution in [3.63, 3.8) is 0 Å². The lowest BCUT2D eigenvalue weighted by Gasteiger charge is -2.36. The van der Waals surface area contributed by atoms with E-state index in [1.807, 2.05) is 25.1 Å². The van der Waals surface area contributed by atoms with Crippen molar-refractivity contribution in [2.24, 2.45) is 0 Å². The van der Waals surface area contributed by atoms with E-state index in [9.17, 15) is 5.11 Å². The topological polar surface area (TPSA) is 57.2 Å². The third-order valence-corrected chi connectivity index (χ3v) is 5.59. The van der Waals surface area contributed by atoms with Gasteiger partial charge in [-0.25, -0.2) is 0 Å². The zero-order valence-electron chi connectivity index (χ0n) is 17.0. The predicted molar refractivity (Wildman–Crippen MR) is 107 cm³/mol. The fourth-order valence-corrected chi connectivity index (χ4v) is 4.14. The average molecular weight is 384 g/mol. The van der Waals surface area contributed by atoms with E-state index in [1.165, 1.54) is 0 Å². The quantitative estimate of drug-likeness (QED) is 0.833.